The van der Waals surface area contributed by atoms with Crippen LogP contribution in [0.4, 0.5) is 11.4 Å². The molecule has 3 rings (SSSR count). The van der Waals surface area contributed by atoms with Crippen LogP contribution in [0, 0.1) is 5.92 Å². The van der Waals surface area contributed by atoms with Gasteiger partial charge in [-0.3, -0.25) is 9.59 Å². The molecular weight excluding hydrogens is 302 g/mol. The summed E-state index contributed by atoms with van der Waals surface area (Å²) in [5, 5.41) is 2.85. The number of aromatic nitrogens is 1. The van der Waals surface area contributed by atoms with Crippen molar-refractivity contribution in [1.29, 1.82) is 0 Å². The highest BCUT2D eigenvalue weighted by Crippen LogP contribution is 2.18. The number of benzene rings is 1. The zero-order chi connectivity index (χ0) is 17.3. The minimum Gasteiger partial charge on any atom is -0.399 e. The molecule has 2 heterocycles. The van der Waals surface area contributed by atoms with E-state index in [1.807, 2.05) is 36.4 Å². The number of hydrogen-bond acceptors (Lipinski definition) is 3. The molecule has 122 valence electrons. The van der Waals surface area contributed by atoms with Crippen molar-refractivity contribution in [3.05, 3.63) is 66.0 Å². The fourth-order valence-corrected chi connectivity index (χ4v) is 2.49. The third-order valence-corrected chi connectivity index (χ3v) is 3.83. The van der Waals surface area contributed by atoms with Gasteiger partial charge in [-0.05, 0) is 42.5 Å². The minimum absolute atomic E-state index is 0.0490. The first kappa shape index (κ1) is 15.8. The fraction of sp³-hybridized carbons (Fsp3) is 0.158. The smallest absolute Gasteiger partial charge is 0.255 e. The summed E-state index contributed by atoms with van der Waals surface area (Å²) in [6.07, 6.45) is 3.58. The molecule has 0 aliphatic carbocycles. The molecule has 24 heavy (non-hydrogen) atoms. The molecule has 0 aliphatic rings. The van der Waals surface area contributed by atoms with Crippen LogP contribution in [-0.4, -0.2) is 16.1 Å². The Kier molecular flexibility index (Phi) is 4.08. The van der Waals surface area contributed by atoms with Gasteiger partial charge >= 0.3 is 0 Å². The Morgan fingerprint density at radius 2 is 1.71 bits per heavy atom. The molecule has 2 aromatic heterocycles. The number of pyridine rings is 1. The van der Waals surface area contributed by atoms with Gasteiger partial charge in [-0.2, -0.15) is 0 Å². The second kappa shape index (κ2) is 6.20. The molecule has 0 saturated heterocycles. The largest absolute Gasteiger partial charge is 0.399 e. The fourth-order valence-electron chi connectivity index (χ4n) is 2.49. The summed E-state index contributed by atoms with van der Waals surface area (Å²) >= 11 is 0. The summed E-state index contributed by atoms with van der Waals surface area (Å²) in [5.41, 5.74) is 9.01. The summed E-state index contributed by atoms with van der Waals surface area (Å²) in [6, 6.07) is 12.3. The lowest BCUT2D eigenvalue weighted by atomic mass is 10.0. The van der Waals surface area contributed by atoms with Gasteiger partial charge in [0.15, 0.2) is 5.78 Å². The number of hydrogen-bond donors (Lipinski definition) is 2. The van der Waals surface area contributed by atoms with Crippen LogP contribution in [0.2, 0.25) is 0 Å². The molecular formula is C19H19N3O2. The number of ketones is 1. The molecule has 1 amide bonds. The summed E-state index contributed by atoms with van der Waals surface area (Å²) < 4.78 is 1.84. The molecule has 0 atom stereocenters. The number of nitrogens with one attached hydrogen (secondary N) is 1. The maximum Gasteiger partial charge on any atom is 0.255 e. The van der Waals surface area contributed by atoms with Crippen LogP contribution in [0.15, 0.2) is 54.9 Å². The molecule has 0 aliphatic heterocycles. The van der Waals surface area contributed by atoms with Gasteiger partial charge in [0.25, 0.3) is 5.91 Å². The SMILES string of the molecule is CC(C)C(=O)c1cc2ccc(NC(=O)c3ccc(N)cc3)cn2c1. The highest BCUT2D eigenvalue weighted by Gasteiger charge is 2.13. The third-order valence-electron chi connectivity index (χ3n) is 3.83. The van der Waals surface area contributed by atoms with Gasteiger partial charge in [0, 0.05) is 40.6 Å². The second-order valence-corrected chi connectivity index (χ2v) is 6.07. The van der Waals surface area contributed by atoms with E-state index >= 15 is 0 Å². The number of amides is 1. The van der Waals surface area contributed by atoms with Crippen molar-refractivity contribution < 1.29 is 9.59 Å². The van der Waals surface area contributed by atoms with E-state index in [0.717, 1.165) is 5.52 Å². The predicted octanol–water partition coefficient (Wildman–Crippen LogP) is 3.61. The number of nitrogens with two attached hydrogens (primary N) is 1. The van der Waals surface area contributed by atoms with Crippen LogP contribution in [0.3, 0.4) is 0 Å². The van der Waals surface area contributed by atoms with Crippen molar-refractivity contribution >= 4 is 28.6 Å². The first-order valence-electron chi connectivity index (χ1n) is 7.77. The zero-order valence-corrected chi connectivity index (χ0v) is 13.6. The first-order valence-corrected chi connectivity index (χ1v) is 7.77. The second-order valence-electron chi connectivity index (χ2n) is 6.07. The minimum atomic E-state index is -0.208. The molecule has 5 nitrogen and oxygen atoms in total. The van der Waals surface area contributed by atoms with Crippen molar-refractivity contribution in [1.82, 2.24) is 4.40 Å². The van der Waals surface area contributed by atoms with E-state index in [1.54, 1.807) is 36.7 Å². The van der Waals surface area contributed by atoms with Crippen LogP contribution in [-0.2, 0) is 0 Å². The number of anilines is 2. The van der Waals surface area contributed by atoms with Crippen molar-refractivity contribution in [2.24, 2.45) is 5.92 Å². The summed E-state index contributed by atoms with van der Waals surface area (Å²) in [7, 11) is 0. The molecule has 3 aromatic rings. The van der Waals surface area contributed by atoms with Crippen molar-refractivity contribution in [3.8, 4) is 0 Å². The first-order chi connectivity index (χ1) is 11.4. The van der Waals surface area contributed by atoms with Crippen LogP contribution in [0.5, 0.6) is 0 Å². The Morgan fingerprint density at radius 3 is 2.38 bits per heavy atom. The molecule has 0 radical (unpaired) electrons. The molecule has 0 unspecified atom stereocenters. The Hall–Kier alpha value is -3.08. The summed E-state index contributed by atoms with van der Waals surface area (Å²) in [6.45, 7) is 3.76. The lowest BCUT2D eigenvalue weighted by molar-refractivity contribution is 0.0939. The Bertz CT molecular complexity index is 908. The van der Waals surface area contributed by atoms with E-state index in [2.05, 4.69) is 5.32 Å². The van der Waals surface area contributed by atoms with Gasteiger partial charge in [-0.25, -0.2) is 0 Å². The number of carbonyl (C=O) groups is 2. The quantitative estimate of drug-likeness (QED) is 0.569. The molecule has 0 saturated carbocycles. The summed E-state index contributed by atoms with van der Waals surface area (Å²) in [5.74, 6) is -0.154. The lowest BCUT2D eigenvalue weighted by Gasteiger charge is -2.06. The highest BCUT2D eigenvalue weighted by atomic mass is 16.1. The van der Waals surface area contributed by atoms with Crippen LogP contribution >= 0.6 is 0 Å². The maximum atomic E-state index is 12.2. The number of nitrogen functional groups attached to an aromatic ring is 1. The van der Waals surface area contributed by atoms with Gasteiger partial charge in [0.05, 0.1) is 5.69 Å². The normalized spacial score (nSPS) is 11.0. The van der Waals surface area contributed by atoms with Crippen LogP contribution < -0.4 is 11.1 Å². The molecule has 5 heteroatoms. The monoisotopic (exact) mass is 321 g/mol. The third kappa shape index (κ3) is 3.15. The summed E-state index contributed by atoms with van der Waals surface area (Å²) in [4.78, 5) is 24.3. The van der Waals surface area contributed by atoms with E-state index in [1.165, 1.54) is 0 Å². The molecule has 0 fully saturated rings. The van der Waals surface area contributed by atoms with Gasteiger partial charge in [0.2, 0.25) is 0 Å². The van der Waals surface area contributed by atoms with Crippen molar-refractivity contribution in [3.63, 3.8) is 0 Å². The van der Waals surface area contributed by atoms with Gasteiger partial charge in [0.1, 0.15) is 0 Å². The van der Waals surface area contributed by atoms with Gasteiger partial charge in [-0.15, -0.1) is 0 Å². The molecule has 1 aromatic carbocycles. The Morgan fingerprint density at radius 1 is 1.00 bits per heavy atom. The standard InChI is InChI=1S/C19H19N3O2/c1-12(2)18(23)14-9-17-8-7-16(11-22(17)10-14)21-19(24)13-3-5-15(20)6-4-13/h3-12H,20H2,1-2H3,(H,21,24). The van der Waals surface area contributed by atoms with E-state index in [9.17, 15) is 9.59 Å². The number of nitrogens with zero attached hydrogens (tertiary/aromatic N) is 1. The predicted molar refractivity (Wildman–Crippen MR) is 95.4 cm³/mol. The lowest BCUT2D eigenvalue weighted by Crippen LogP contribution is -2.12. The maximum absolute atomic E-state index is 12.2. The average molecular weight is 321 g/mol. The van der Waals surface area contributed by atoms with Crippen molar-refractivity contribution in [2.75, 3.05) is 11.1 Å². The Balaban J connectivity index is 1.84. The average Bonchev–Trinajstić information content (AvgIpc) is 2.97. The van der Waals surface area contributed by atoms with Crippen molar-refractivity contribution in [2.45, 2.75) is 13.8 Å². The van der Waals surface area contributed by atoms with Crippen LogP contribution in [0.25, 0.3) is 5.52 Å². The number of fused-ring (bicyclic) bond motifs is 1. The topological polar surface area (TPSA) is 76.6 Å². The highest BCUT2D eigenvalue weighted by molar-refractivity contribution is 6.04. The van der Waals surface area contributed by atoms with Gasteiger partial charge in [-0.1, -0.05) is 13.8 Å². The zero-order valence-electron chi connectivity index (χ0n) is 13.6. The number of rotatable bonds is 4. The molecule has 3 N–H and O–H groups in total. The molecule has 0 spiro atoms. The number of carbonyl (C=O) groups excluding carboxylic acids is 2. The Labute approximate surface area is 140 Å². The number of Topliss-reactive ketones (excluding diaryl/α,β-unsaturated/α-hetero) is 1. The van der Waals surface area contributed by atoms with Gasteiger partial charge < -0.3 is 15.5 Å². The van der Waals surface area contributed by atoms with Crippen LogP contribution in [0.1, 0.15) is 34.6 Å². The molecule has 0 bridgehead atoms. The van der Waals surface area contributed by atoms with E-state index < -0.39 is 0 Å². The van der Waals surface area contributed by atoms with E-state index in [-0.39, 0.29) is 17.6 Å². The van der Waals surface area contributed by atoms with E-state index in [0.29, 0.717) is 22.5 Å². The van der Waals surface area contributed by atoms with E-state index in [4.69, 9.17) is 5.73 Å².